The van der Waals surface area contributed by atoms with E-state index in [0.29, 0.717) is 19.0 Å². The molecule has 15 heavy (non-hydrogen) atoms. The Hall–Kier alpha value is -0.130. The molecule has 0 radical (unpaired) electrons. The molecule has 4 nitrogen and oxygen atoms in total. The van der Waals surface area contributed by atoms with Crippen LogP contribution in [0.1, 0.15) is 27.2 Å². The van der Waals surface area contributed by atoms with Crippen LogP contribution in [-0.4, -0.2) is 43.3 Å². The van der Waals surface area contributed by atoms with E-state index < -0.39 is 10.0 Å². The van der Waals surface area contributed by atoms with Gasteiger partial charge < -0.3 is 5.11 Å². The molecule has 0 amide bonds. The Morgan fingerprint density at radius 3 is 2.40 bits per heavy atom. The topological polar surface area (TPSA) is 57.6 Å². The highest BCUT2D eigenvalue weighted by Crippen LogP contribution is 2.34. The van der Waals surface area contributed by atoms with Gasteiger partial charge in [-0.3, -0.25) is 0 Å². The highest BCUT2D eigenvalue weighted by atomic mass is 32.2. The summed E-state index contributed by atoms with van der Waals surface area (Å²) in [5.41, 5.74) is 0.156. The van der Waals surface area contributed by atoms with Gasteiger partial charge in [-0.25, -0.2) is 12.7 Å². The smallest absolute Gasteiger partial charge is 0.216 e. The van der Waals surface area contributed by atoms with E-state index in [4.69, 9.17) is 5.11 Å². The molecule has 1 rings (SSSR count). The van der Waals surface area contributed by atoms with E-state index in [2.05, 4.69) is 20.8 Å². The lowest BCUT2D eigenvalue weighted by Crippen LogP contribution is -2.33. The predicted molar refractivity (Wildman–Crippen MR) is 60.0 cm³/mol. The third kappa shape index (κ3) is 3.16. The number of sulfonamides is 1. The lowest BCUT2D eigenvalue weighted by atomic mass is 9.80. The van der Waals surface area contributed by atoms with Gasteiger partial charge in [-0.15, -0.1) is 0 Å². The van der Waals surface area contributed by atoms with E-state index in [1.54, 1.807) is 0 Å². The Balaban J connectivity index is 2.65. The van der Waals surface area contributed by atoms with E-state index in [1.165, 1.54) is 4.31 Å². The SMILES string of the molecule is CC(C)(C)C1CCN(S(=O)(=O)CCO)C1. The van der Waals surface area contributed by atoms with Gasteiger partial charge in [0.25, 0.3) is 0 Å². The Morgan fingerprint density at radius 1 is 1.40 bits per heavy atom. The van der Waals surface area contributed by atoms with Crippen LogP contribution in [0.2, 0.25) is 0 Å². The summed E-state index contributed by atoms with van der Waals surface area (Å²) >= 11 is 0. The largest absolute Gasteiger partial charge is 0.395 e. The van der Waals surface area contributed by atoms with Crippen LogP contribution in [0.25, 0.3) is 0 Å². The molecule has 1 N–H and O–H groups in total. The molecule has 0 saturated carbocycles. The second kappa shape index (κ2) is 4.39. The number of hydrogen-bond donors (Lipinski definition) is 1. The molecule has 0 aromatic carbocycles. The fourth-order valence-corrected chi connectivity index (χ4v) is 3.21. The standard InChI is InChI=1S/C10H21NO3S/c1-10(2,3)9-4-5-11(8-9)15(13,14)7-6-12/h9,12H,4-8H2,1-3H3. The van der Waals surface area contributed by atoms with E-state index in [1.807, 2.05) is 0 Å². The highest BCUT2D eigenvalue weighted by molar-refractivity contribution is 7.89. The zero-order valence-corrected chi connectivity index (χ0v) is 10.5. The van der Waals surface area contributed by atoms with Crippen LogP contribution >= 0.6 is 0 Å². The minimum atomic E-state index is -3.22. The first kappa shape index (κ1) is 12.9. The zero-order valence-electron chi connectivity index (χ0n) is 9.73. The van der Waals surface area contributed by atoms with Crippen molar-refractivity contribution in [3.63, 3.8) is 0 Å². The monoisotopic (exact) mass is 235 g/mol. The first-order valence-corrected chi connectivity index (χ1v) is 6.97. The van der Waals surface area contributed by atoms with Crippen molar-refractivity contribution in [1.82, 2.24) is 4.31 Å². The minimum Gasteiger partial charge on any atom is -0.395 e. The van der Waals surface area contributed by atoms with E-state index in [9.17, 15) is 8.42 Å². The summed E-state index contributed by atoms with van der Waals surface area (Å²) in [6, 6.07) is 0. The number of aliphatic hydroxyl groups is 1. The van der Waals surface area contributed by atoms with Crippen LogP contribution < -0.4 is 0 Å². The molecule has 1 atom stereocenters. The lowest BCUT2D eigenvalue weighted by molar-refractivity contribution is 0.251. The van der Waals surface area contributed by atoms with Crippen molar-refractivity contribution < 1.29 is 13.5 Å². The summed E-state index contributed by atoms with van der Waals surface area (Å²) in [7, 11) is -3.22. The molecule has 1 aliphatic rings. The van der Waals surface area contributed by atoms with Gasteiger partial charge in [-0.05, 0) is 17.8 Å². The molecule has 1 aliphatic heterocycles. The summed E-state index contributed by atoms with van der Waals surface area (Å²) in [6.45, 7) is 7.33. The molecule has 1 unspecified atom stereocenters. The summed E-state index contributed by atoms with van der Waals surface area (Å²) in [5.74, 6) is 0.273. The molecule has 0 bridgehead atoms. The maximum atomic E-state index is 11.7. The van der Waals surface area contributed by atoms with Crippen LogP contribution in [0, 0.1) is 11.3 Å². The summed E-state index contributed by atoms with van der Waals surface area (Å²) in [5, 5.41) is 8.68. The second-order valence-corrected chi connectivity index (χ2v) is 7.34. The summed E-state index contributed by atoms with van der Waals surface area (Å²) in [4.78, 5) is 0. The van der Waals surface area contributed by atoms with Gasteiger partial charge in [-0.1, -0.05) is 20.8 Å². The number of rotatable bonds is 3. The van der Waals surface area contributed by atoms with Gasteiger partial charge in [0.2, 0.25) is 10.0 Å². The molecule has 90 valence electrons. The van der Waals surface area contributed by atoms with Crippen molar-refractivity contribution in [2.24, 2.45) is 11.3 Å². The van der Waals surface area contributed by atoms with Gasteiger partial charge in [-0.2, -0.15) is 0 Å². The molecule has 5 heteroatoms. The van der Waals surface area contributed by atoms with E-state index in [-0.39, 0.29) is 17.8 Å². The van der Waals surface area contributed by atoms with Crippen molar-refractivity contribution in [3.8, 4) is 0 Å². The predicted octanol–water partition coefficient (Wildman–Crippen LogP) is 0.676. The lowest BCUT2D eigenvalue weighted by Gasteiger charge is -2.26. The average molecular weight is 235 g/mol. The Kier molecular flexibility index (Phi) is 3.79. The first-order valence-electron chi connectivity index (χ1n) is 5.36. The second-order valence-electron chi connectivity index (χ2n) is 5.25. The normalized spacial score (nSPS) is 24.7. The van der Waals surface area contributed by atoms with Gasteiger partial charge in [0, 0.05) is 13.1 Å². The molecule has 1 saturated heterocycles. The third-order valence-electron chi connectivity index (χ3n) is 3.12. The molecular formula is C10H21NO3S. The highest BCUT2D eigenvalue weighted by Gasteiger charge is 2.36. The van der Waals surface area contributed by atoms with Gasteiger partial charge in [0.1, 0.15) is 0 Å². The third-order valence-corrected chi connectivity index (χ3v) is 4.94. The minimum absolute atomic E-state index is 0.149. The fraction of sp³-hybridized carbons (Fsp3) is 1.00. The van der Waals surface area contributed by atoms with E-state index in [0.717, 1.165) is 6.42 Å². The summed E-state index contributed by atoms with van der Waals surface area (Å²) < 4.78 is 24.9. The van der Waals surface area contributed by atoms with Crippen molar-refractivity contribution in [2.75, 3.05) is 25.4 Å². The number of hydrogen-bond acceptors (Lipinski definition) is 3. The molecular weight excluding hydrogens is 214 g/mol. The van der Waals surface area contributed by atoms with Crippen molar-refractivity contribution >= 4 is 10.0 Å². The molecule has 1 heterocycles. The van der Waals surface area contributed by atoms with Crippen LogP contribution in [0.15, 0.2) is 0 Å². The molecule has 1 fully saturated rings. The maximum Gasteiger partial charge on any atom is 0.216 e. The molecule has 0 spiro atoms. The Morgan fingerprint density at radius 2 is 2.00 bits per heavy atom. The van der Waals surface area contributed by atoms with Crippen LogP contribution in [0.5, 0.6) is 0 Å². The van der Waals surface area contributed by atoms with Crippen LogP contribution in [0.3, 0.4) is 0 Å². The summed E-state index contributed by atoms with van der Waals surface area (Å²) in [6.07, 6.45) is 0.925. The van der Waals surface area contributed by atoms with Crippen LogP contribution in [0.4, 0.5) is 0 Å². The zero-order chi connectivity index (χ0) is 11.7. The Labute approximate surface area is 92.3 Å². The first-order chi connectivity index (χ1) is 6.77. The average Bonchev–Trinajstić information content (AvgIpc) is 2.50. The Bertz CT molecular complexity index is 305. The van der Waals surface area contributed by atoms with Crippen molar-refractivity contribution in [3.05, 3.63) is 0 Å². The van der Waals surface area contributed by atoms with Crippen LogP contribution in [-0.2, 0) is 10.0 Å². The number of aliphatic hydroxyl groups excluding tert-OH is 1. The maximum absolute atomic E-state index is 11.7. The quantitative estimate of drug-likeness (QED) is 0.782. The van der Waals surface area contributed by atoms with Gasteiger partial charge in [0.15, 0.2) is 0 Å². The van der Waals surface area contributed by atoms with Gasteiger partial charge in [0.05, 0.1) is 12.4 Å². The fourth-order valence-electron chi connectivity index (χ4n) is 1.93. The molecule has 0 aromatic heterocycles. The van der Waals surface area contributed by atoms with Gasteiger partial charge >= 0.3 is 0 Å². The van der Waals surface area contributed by atoms with Crippen molar-refractivity contribution in [1.29, 1.82) is 0 Å². The van der Waals surface area contributed by atoms with Crippen molar-refractivity contribution in [2.45, 2.75) is 27.2 Å². The van der Waals surface area contributed by atoms with E-state index >= 15 is 0 Å². The number of nitrogens with zero attached hydrogens (tertiary/aromatic N) is 1. The molecule has 0 aliphatic carbocycles. The molecule has 0 aromatic rings.